The van der Waals surface area contributed by atoms with Crippen LogP contribution in [0.15, 0.2) is 78.4 Å². The van der Waals surface area contributed by atoms with Gasteiger partial charge < -0.3 is 24.6 Å². The van der Waals surface area contributed by atoms with Gasteiger partial charge in [-0.3, -0.25) is 9.59 Å². The van der Waals surface area contributed by atoms with Crippen LogP contribution < -0.4 is 9.47 Å². The molecule has 7 nitrogen and oxygen atoms in total. The Morgan fingerprint density at radius 2 is 1.50 bits per heavy atom. The highest BCUT2D eigenvalue weighted by atomic mass is 16.5. The maximum atomic E-state index is 13.3. The lowest BCUT2D eigenvalue weighted by Gasteiger charge is -2.25. The molecular weight excluding hydrogens is 506 g/mol. The number of hydrogen-bond acceptors (Lipinski definition) is 6. The number of unbranched alkanes of at least 4 members (excludes halogenated alkanes) is 2. The van der Waals surface area contributed by atoms with Gasteiger partial charge in [-0.1, -0.05) is 57.9 Å². The second kappa shape index (κ2) is 13.2. The van der Waals surface area contributed by atoms with E-state index in [0.717, 1.165) is 30.6 Å². The highest BCUT2D eigenvalue weighted by Gasteiger charge is 2.46. The van der Waals surface area contributed by atoms with Crippen LogP contribution in [0.5, 0.6) is 17.2 Å². The fourth-order valence-corrected chi connectivity index (χ4v) is 4.60. The predicted octanol–water partition coefficient (Wildman–Crippen LogP) is 6.62. The summed E-state index contributed by atoms with van der Waals surface area (Å²) in [5.74, 6) is 0.145. The number of carbonyl (C=O) groups is 2. The Hall–Kier alpha value is -4.26. The summed E-state index contributed by atoms with van der Waals surface area (Å²) in [5, 5.41) is 21.2. The number of ketones is 1. The third-order valence-corrected chi connectivity index (χ3v) is 6.75. The number of aromatic hydroxyl groups is 1. The van der Waals surface area contributed by atoms with Crippen LogP contribution in [0.25, 0.3) is 5.76 Å². The first-order valence-electron chi connectivity index (χ1n) is 13.8. The van der Waals surface area contributed by atoms with Gasteiger partial charge in [0.2, 0.25) is 0 Å². The molecule has 4 rings (SSSR count). The molecule has 0 spiro atoms. The largest absolute Gasteiger partial charge is 0.508 e. The minimum atomic E-state index is -0.831. The topological polar surface area (TPSA) is 96.3 Å². The minimum Gasteiger partial charge on any atom is -0.508 e. The predicted molar refractivity (Wildman–Crippen MR) is 154 cm³/mol. The summed E-state index contributed by atoms with van der Waals surface area (Å²) in [7, 11) is 0. The number of phenolic OH excluding ortho intramolecular Hbond substituents is 1. The summed E-state index contributed by atoms with van der Waals surface area (Å²) in [6.45, 7) is 7.64. The Balaban J connectivity index is 1.64. The number of hydrogen-bond donors (Lipinski definition) is 2. The van der Waals surface area contributed by atoms with E-state index in [-0.39, 0.29) is 23.6 Å². The third-order valence-electron chi connectivity index (χ3n) is 6.75. The number of benzene rings is 3. The van der Waals surface area contributed by atoms with E-state index in [4.69, 9.17) is 9.47 Å². The average molecular weight is 544 g/mol. The number of aliphatic hydroxyl groups excluding tert-OH is 1. The van der Waals surface area contributed by atoms with Crippen molar-refractivity contribution in [3.05, 3.63) is 95.1 Å². The number of likely N-dealkylation sites (tertiary alicyclic amines) is 1. The van der Waals surface area contributed by atoms with Crippen molar-refractivity contribution in [1.82, 2.24) is 4.90 Å². The molecule has 3 aromatic rings. The van der Waals surface area contributed by atoms with Gasteiger partial charge in [0.15, 0.2) is 0 Å². The summed E-state index contributed by atoms with van der Waals surface area (Å²) < 4.78 is 11.5. The Bertz CT molecular complexity index is 1330. The number of phenols is 1. The van der Waals surface area contributed by atoms with Gasteiger partial charge in [0.05, 0.1) is 24.8 Å². The fraction of sp³-hybridized carbons (Fsp3) is 0.333. The number of Topliss-reactive ketones (excluding diaryl/α,β-unsaturated/α-hetero) is 1. The van der Waals surface area contributed by atoms with Crippen molar-refractivity contribution in [2.24, 2.45) is 5.92 Å². The number of carbonyl (C=O) groups excluding carboxylic acids is 2. The van der Waals surface area contributed by atoms with Crippen LogP contribution in [0.4, 0.5) is 0 Å². The summed E-state index contributed by atoms with van der Waals surface area (Å²) in [6.07, 6.45) is 3.15. The number of rotatable bonds is 12. The van der Waals surface area contributed by atoms with E-state index in [1.807, 2.05) is 24.3 Å². The van der Waals surface area contributed by atoms with Crippen molar-refractivity contribution in [2.75, 3.05) is 13.2 Å². The van der Waals surface area contributed by atoms with Crippen LogP contribution in [0.3, 0.4) is 0 Å². The summed E-state index contributed by atoms with van der Waals surface area (Å²) in [4.78, 5) is 28.1. The first-order chi connectivity index (χ1) is 19.3. The number of amides is 1. The molecule has 1 aliphatic rings. The molecule has 1 aliphatic heterocycles. The van der Waals surface area contributed by atoms with Gasteiger partial charge in [0.25, 0.3) is 11.7 Å². The Morgan fingerprint density at radius 3 is 2.12 bits per heavy atom. The van der Waals surface area contributed by atoms with Gasteiger partial charge in [0, 0.05) is 12.1 Å². The molecule has 1 heterocycles. The van der Waals surface area contributed by atoms with Gasteiger partial charge >= 0.3 is 0 Å². The van der Waals surface area contributed by atoms with Gasteiger partial charge in [-0.05, 0) is 72.0 Å². The smallest absolute Gasteiger partial charge is 0.295 e. The molecule has 7 heteroatoms. The van der Waals surface area contributed by atoms with Gasteiger partial charge in [-0.25, -0.2) is 0 Å². The van der Waals surface area contributed by atoms with Crippen LogP contribution in [-0.2, 0) is 16.1 Å². The van der Waals surface area contributed by atoms with Crippen LogP contribution in [-0.4, -0.2) is 40.0 Å². The van der Waals surface area contributed by atoms with Crippen LogP contribution in [0, 0.1) is 5.92 Å². The summed E-state index contributed by atoms with van der Waals surface area (Å²) in [6, 6.07) is 19.7. The number of ether oxygens (including phenoxy) is 2. The second-order valence-corrected chi connectivity index (χ2v) is 10.4. The van der Waals surface area contributed by atoms with Crippen molar-refractivity contribution >= 4 is 17.4 Å². The van der Waals surface area contributed by atoms with Gasteiger partial charge in [0.1, 0.15) is 23.0 Å². The van der Waals surface area contributed by atoms with Crippen molar-refractivity contribution in [3.8, 4) is 17.2 Å². The number of nitrogens with zero attached hydrogens (tertiary/aromatic N) is 1. The van der Waals surface area contributed by atoms with Gasteiger partial charge in [-0.2, -0.15) is 0 Å². The number of aliphatic hydroxyl groups is 1. The molecular formula is C33H37NO6. The molecule has 2 N–H and O–H groups in total. The van der Waals surface area contributed by atoms with Crippen molar-refractivity contribution in [3.63, 3.8) is 0 Å². The van der Waals surface area contributed by atoms with Crippen LogP contribution in [0.2, 0.25) is 0 Å². The highest BCUT2D eigenvalue weighted by molar-refractivity contribution is 6.46. The highest BCUT2D eigenvalue weighted by Crippen LogP contribution is 2.41. The van der Waals surface area contributed by atoms with E-state index in [9.17, 15) is 19.8 Å². The standard InChI is InChI=1S/C33H37NO6/c1-4-5-6-19-39-27-17-11-25(12-18-27)31(36)29-30(24-9-13-26(35)14-10-24)34(33(38)32(29)37)20-23-7-15-28(16-8-23)40-21-22(2)3/h7-18,22,30,35-36H,4-6,19-21H2,1-3H3/b31-29-. The lowest BCUT2D eigenvalue weighted by Crippen LogP contribution is -2.29. The normalized spacial score (nSPS) is 16.5. The van der Waals surface area contributed by atoms with Crippen molar-refractivity contribution in [2.45, 2.75) is 52.6 Å². The Kier molecular flexibility index (Phi) is 9.48. The Morgan fingerprint density at radius 1 is 0.875 bits per heavy atom. The quantitative estimate of drug-likeness (QED) is 0.115. The zero-order valence-corrected chi connectivity index (χ0v) is 23.3. The SMILES string of the molecule is CCCCCOc1ccc(/C(O)=C2/C(=O)C(=O)N(Cc3ccc(OCC(C)C)cc3)C2c2ccc(O)cc2)cc1. The molecule has 1 saturated heterocycles. The van der Waals surface area contributed by atoms with E-state index >= 15 is 0 Å². The van der Waals surface area contributed by atoms with Gasteiger partial charge in [-0.15, -0.1) is 0 Å². The first-order valence-corrected chi connectivity index (χ1v) is 13.8. The van der Waals surface area contributed by atoms with E-state index in [1.165, 1.54) is 17.0 Å². The fourth-order valence-electron chi connectivity index (χ4n) is 4.60. The lowest BCUT2D eigenvalue weighted by molar-refractivity contribution is -0.140. The Labute approximate surface area is 235 Å². The monoisotopic (exact) mass is 543 g/mol. The van der Waals surface area contributed by atoms with Crippen molar-refractivity contribution in [1.29, 1.82) is 0 Å². The summed E-state index contributed by atoms with van der Waals surface area (Å²) >= 11 is 0. The molecule has 0 aliphatic carbocycles. The van der Waals surface area contributed by atoms with E-state index in [2.05, 4.69) is 20.8 Å². The van der Waals surface area contributed by atoms with Crippen LogP contribution in [0.1, 0.15) is 62.8 Å². The molecule has 40 heavy (non-hydrogen) atoms. The van der Waals surface area contributed by atoms with E-state index in [1.54, 1.807) is 36.4 Å². The average Bonchev–Trinajstić information content (AvgIpc) is 3.20. The van der Waals surface area contributed by atoms with Crippen molar-refractivity contribution < 1.29 is 29.3 Å². The minimum absolute atomic E-state index is 0.00388. The molecule has 210 valence electrons. The molecule has 1 amide bonds. The molecule has 1 unspecified atom stereocenters. The second-order valence-electron chi connectivity index (χ2n) is 10.4. The van der Waals surface area contributed by atoms with Crippen LogP contribution >= 0.6 is 0 Å². The van der Waals surface area contributed by atoms with E-state index < -0.39 is 17.7 Å². The lowest BCUT2D eigenvalue weighted by atomic mass is 9.95. The maximum Gasteiger partial charge on any atom is 0.295 e. The maximum absolute atomic E-state index is 13.3. The molecule has 0 radical (unpaired) electrons. The molecule has 1 atom stereocenters. The molecule has 3 aromatic carbocycles. The zero-order valence-electron chi connectivity index (χ0n) is 23.3. The zero-order chi connectivity index (χ0) is 28.6. The summed E-state index contributed by atoms with van der Waals surface area (Å²) in [5.41, 5.74) is 1.83. The first kappa shape index (κ1) is 28.7. The third kappa shape index (κ3) is 6.84. The van der Waals surface area contributed by atoms with E-state index in [0.29, 0.717) is 36.0 Å². The molecule has 0 aromatic heterocycles. The molecule has 0 bridgehead atoms. The molecule has 0 saturated carbocycles. The molecule has 1 fully saturated rings.